The standard InChI is InChI=1S/C17H21N3O2/c1-22-15-6-2-13(3-7-15)4-9-17(21)19-14-5-8-16-18-10-11-20(16)12-14/h2-3,6-7,10-11,14H,4-5,8-9,12H2,1H3,(H,19,21). The normalized spacial score (nSPS) is 16.9. The minimum Gasteiger partial charge on any atom is -0.497 e. The van der Waals surface area contributed by atoms with Gasteiger partial charge in [0.1, 0.15) is 11.6 Å². The first kappa shape index (κ1) is 14.6. The highest BCUT2D eigenvalue weighted by molar-refractivity contribution is 5.76. The zero-order valence-corrected chi connectivity index (χ0v) is 12.8. The lowest BCUT2D eigenvalue weighted by atomic mass is 10.1. The van der Waals surface area contributed by atoms with Gasteiger partial charge in [-0.25, -0.2) is 4.98 Å². The Kier molecular flexibility index (Phi) is 4.42. The average Bonchev–Trinajstić information content (AvgIpc) is 3.01. The van der Waals surface area contributed by atoms with Crippen molar-refractivity contribution < 1.29 is 9.53 Å². The maximum Gasteiger partial charge on any atom is 0.220 e. The number of amides is 1. The van der Waals surface area contributed by atoms with Crippen molar-refractivity contribution in [3.05, 3.63) is 48.0 Å². The second-order valence-electron chi connectivity index (χ2n) is 5.65. The van der Waals surface area contributed by atoms with Crippen LogP contribution in [0.1, 0.15) is 24.2 Å². The third-order valence-electron chi connectivity index (χ3n) is 4.10. The van der Waals surface area contributed by atoms with E-state index in [4.69, 9.17) is 4.74 Å². The highest BCUT2D eigenvalue weighted by Crippen LogP contribution is 2.14. The van der Waals surface area contributed by atoms with Crippen molar-refractivity contribution in [3.8, 4) is 5.75 Å². The maximum atomic E-state index is 12.1. The molecule has 1 amide bonds. The summed E-state index contributed by atoms with van der Waals surface area (Å²) in [6.07, 6.45) is 6.95. The van der Waals surface area contributed by atoms with Gasteiger partial charge in [-0.3, -0.25) is 4.79 Å². The molecule has 1 atom stereocenters. The number of hydrogen-bond donors (Lipinski definition) is 1. The van der Waals surface area contributed by atoms with E-state index in [1.807, 2.05) is 36.7 Å². The fraction of sp³-hybridized carbons (Fsp3) is 0.412. The smallest absolute Gasteiger partial charge is 0.220 e. The van der Waals surface area contributed by atoms with E-state index in [0.29, 0.717) is 6.42 Å². The Morgan fingerprint density at radius 3 is 3.00 bits per heavy atom. The van der Waals surface area contributed by atoms with Crippen LogP contribution in [0.15, 0.2) is 36.7 Å². The van der Waals surface area contributed by atoms with Crippen molar-refractivity contribution in [1.29, 1.82) is 0 Å². The Morgan fingerprint density at radius 2 is 2.23 bits per heavy atom. The average molecular weight is 299 g/mol. The molecule has 22 heavy (non-hydrogen) atoms. The predicted octanol–water partition coefficient (Wildman–Crippen LogP) is 1.96. The first-order chi connectivity index (χ1) is 10.7. The van der Waals surface area contributed by atoms with Crippen LogP contribution in [0, 0.1) is 0 Å². The maximum absolute atomic E-state index is 12.1. The fourth-order valence-corrected chi connectivity index (χ4v) is 2.83. The lowest BCUT2D eigenvalue weighted by molar-refractivity contribution is -0.122. The predicted molar refractivity (Wildman–Crippen MR) is 83.8 cm³/mol. The summed E-state index contributed by atoms with van der Waals surface area (Å²) in [5.41, 5.74) is 1.15. The molecule has 0 fully saturated rings. The van der Waals surface area contributed by atoms with Crippen LogP contribution in [0.4, 0.5) is 0 Å². The van der Waals surface area contributed by atoms with Gasteiger partial charge in [0.2, 0.25) is 5.91 Å². The van der Waals surface area contributed by atoms with Gasteiger partial charge in [0.25, 0.3) is 0 Å². The molecule has 0 radical (unpaired) electrons. The monoisotopic (exact) mass is 299 g/mol. The van der Waals surface area contributed by atoms with E-state index in [-0.39, 0.29) is 11.9 Å². The number of carbonyl (C=O) groups excluding carboxylic acids is 1. The summed E-state index contributed by atoms with van der Waals surface area (Å²) in [7, 11) is 1.65. The van der Waals surface area contributed by atoms with E-state index >= 15 is 0 Å². The number of fused-ring (bicyclic) bond motifs is 1. The molecule has 5 heteroatoms. The molecule has 0 saturated carbocycles. The molecule has 116 valence electrons. The van der Waals surface area contributed by atoms with Crippen molar-refractivity contribution in [2.24, 2.45) is 0 Å². The molecule has 0 saturated heterocycles. The summed E-state index contributed by atoms with van der Waals surface area (Å²) in [6, 6.07) is 8.07. The van der Waals surface area contributed by atoms with Gasteiger partial charge in [0, 0.05) is 37.8 Å². The second-order valence-corrected chi connectivity index (χ2v) is 5.65. The summed E-state index contributed by atoms with van der Waals surface area (Å²) in [5.74, 6) is 2.07. The zero-order valence-electron chi connectivity index (χ0n) is 12.8. The van der Waals surface area contributed by atoms with Gasteiger partial charge in [0.15, 0.2) is 0 Å². The minimum absolute atomic E-state index is 0.115. The van der Waals surface area contributed by atoms with Crippen LogP contribution in [0.3, 0.4) is 0 Å². The molecule has 0 aliphatic carbocycles. The number of nitrogens with one attached hydrogen (secondary N) is 1. The molecule has 5 nitrogen and oxygen atoms in total. The number of rotatable bonds is 5. The number of aromatic nitrogens is 2. The first-order valence-electron chi connectivity index (χ1n) is 7.67. The zero-order chi connectivity index (χ0) is 15.4. The molecular weight excluding hydrogens is 278 g/mol. The minimum atomic E-state index is 0.115. The Hall–Kier alpha value is -2.30. The number of carbonyl (C=O) groups is 1. The summed E-state index contributed by atoms with van der Waals surface area (Å²) in [5, 5.41) is 3.13. The molecule has 1 unspecified atom stereocenters. The van der Waals surface area contributed by atoms with Gasteiger partial charge < -0.3 is 14.6 Å². The van der Waals surface area contributed by atoms with E-state index in [2.05, 4.69) is 14.9 Å². The number of nitrogens with zero attached hydrogens (tertiary/aromatic N) is 2. The summed E-state index contributed by atoms with van der Waals surface area (Å²) < 4.78 is 7.25. The second kappa shape index (κ2) is 6.64. The quantitative estimate of drug-likeness (QED) is 0.918. The van der Waals surface area contributed by atoms with Crippen molar-refractivity contribution in [2.45, 2.75) is 38.3 Å². The Labute approximate surface area is 130 Å². The van der Waals surface area contributed by atoms with Crippen LogP contribution in [-0.4, -0.2) is 28.6 Å². The van der Waals surface area contributed by atoms with Gasteiger partial charge in [-0.2, -0.15) is 0 Å². The van der Waals surface area contributed by atoms with Crippen LogP contribution in [-0.2, 0) is 24.2 Å². The number of aryl methyl sites for hydroxylation is 2. The van der Waals surface area contributed by atoms with Gasteiger partial charge in [-0.1, -0.05) is 12.1 Å². The van der Waals surface area contributed by atoms with E-state index in [1.54, 1.807) is 7.11 Å². The SMILES string of the molecule is COc1ccc(CCC(=O)NC2CCc3nccn3C2)cc1. The number of imidazole rings is 1. The first-order valence-corrected chi connectivity index (χ1v) is 7.67. The molecule has 1 aliphatic heterocycles. The largest absolute Gasteiger partial charge is 0.497 e. The Balaban J connectivity index is 1.46. The van der Waals surface area contributed by atoms with Crippen LogP contribution >= 0.6 is 0 Å². The van der Waals surface area contributed by atoms with E-state index in [9.17, 15) is 4.79 Å². The van der Waals surface area contributed by atoms with E-state index in [0.717, 1.165) is 42.9 Å². The topological polar surface area (TPSA) is 56.1 Å². The van der Waals surface area contributed by atoms with Crippen LogP contribution < -0.4 is 10.1 Å². The molecule has 1 aliphatic rings. The highest BCUT2D eigenvalue weighted by Gasteiger charge is 2.19. The van der Waals surface area contributed by atoms with Gasteiger partial charge in [-0.15, -0.1) is 0 Å². The molecule has 2 aromatic rings. The lowest BCUT2D eigenvalue weighted by Gasteiger charge is -2.24. The van der Waals surface area contributed by atoms with Crippen molar-refractivity contribution in [2.75, 3.05) is 7.11 Å². The number of methoxy groups -OCH3 is 1. The van der Waals surface area contributed by atoms with Crippen LogP contribution in [0.25, 0.3) is 0 Å². The Morgan fingerprint density at radius 1 is 1.41 bits per heavy atom. The Bertz CT molecular complexity index is 634. The molecule has 0 bridgehead atoms. The summed E-state index contributed by atoms with van der Waals surface area (Å²) in [4.78, 5) is 16.4. The number of ether oxygens (including phenoxy) is 1. The molecule has 0 spiro atoms. The lowest BCUT2D eigenvalue weighted by Crippen LogP contribution is -2.40. The third-order valence-corrected chi connectivity index (χ3v) is 4.10. The fourth-order valence-electron chi connectivity index (χ4n) is 2.83. The molecular formula is C17H21N3O2. The van der Waals surface area contributed by atoms with Crippen molar-refractivity contribution >= 4 is 5.91 Å². The van der Waals surface area contributed by atoms with Crippen LogP contribution in [0.2, 0.25) is 0 Å². The molecule has 1 N–H and O–H groups in total. The molecule has 1 aromatic heterocycles. The molecule has 3 rings (SSSR count). The number of hydrogen-bond acceptors (Lipinski definition) is 3. The number of benzene rings is 1. The summed E-state index contributed by atoms with van der Waals surface area (Å²) >= 11 is 0. The van der Waals surface area contributed by atoms with Crippen molar-refractivity contribution in [1.82, 2.24) is 14.9 Å². The van der Waals surface area contributed by atoms with Gasteiger partial charge >= 0.3 is 0 Å². The van der Waals surface area contributed by atoms with E-state index < -0.39 is 0 Å². The molecule has 2 heterocycles. The molecule has 1 aromatic carbocycles. The third kappa shape index (κ3) is 3.47. The van der Waals surface area contributed by atoms with Gasteiger partial charge in [0.05, 0.1) is 7.11 Å². The van der Waals surface area contributed by atoms with Gasteiger partial charge in [-0.05, 0) is 30.5 Å². The van der Waals surface area contributed by atoms with Crippen molar-refractivity contribution in [3.63, 3.8) is 0 Å². The summed E-state index contributed by atoms with van der Waals surface area (Å²) in [6.45, 7) is 0.823. The highest BCUT2D eigenvalue weighted by atomic mass is 16.5. The van der Waals surface area contributed by atoms with Crippen LogP contribution in [0.5, 0.6) is 5.75 Å². The van der Waals surface area contributed by atoms with E-state index in [1.165, 1.54) is 0 Å².